The van der Waals surface area contributed by atoms with Gasteiger partial charge in [0.1, 0.15) is 5.75 Å². The molecule has 106 valence electrons. The molecular weight excluding hydrogens is 447 g/mol. The highest BCUT2D eigenvalue weighted by Crippen LogP contribution is 2.31. The topological polar surface area (TPSA) is 59.2 Å². The van der Waals surface area contributed by atoms with Crippen LogP contribution in [-0.4, -0.2) is 15.2 Å². The van der Waals surface area contributed by atoms with Gasteiger partial charge in [0.25, 0.3) is 5.89 Å². The molecule has 0 aliphatic heterocycles. The van der Waals surface area contributed by atoms with E-state index >= 15 is 0 Å². The molecule has 3 aromatic rings. The van der Waals surface area contributed by atoms with E-state index in [0.29, 0.717) is 17.3 Å². The fourth-order valence-corrected chi connectivity index (χ4v) is 2.97. The third kappa shape index (κ3) is 2.96. The Bertz CT molecular complexity index is 817. The summed E-state index contributed by atoms with van der Waals surface area (Å²) in [6.45, 7) is 1.99. The molecule has 0 aliphatic rings. The molecule has 2 aromatic carbocycles. The van der Waals surface area contributed by atoms with Crippen molar-refractivity contribution in [3.8, 4) is 28.6 Å². The van der Waals surface area contributed by atoms with Gasteiger partial charge in [0.15, 0.2) is 0 Å². The highest BCUT2D eigenvalue weighted by Gasteiger charge is 2.15. The number of aryl methyl sites for hydroxylation is 1. The number of nitrogens with zero attached hydrogens (tertiary/aromatic N) is 2. The zero-order valence-corrected chi connectivity index (χ0v) is 14.7. The molecule has 3 rings (SSSR count). The van der Waals surface area contributed by atoms with Crippen LogP contribution in [0, 0.1) is 10.5 Å². The quantitative estimate of drug-likeness (QED) is 0.563. The molecule has 1 aromatic heterocycles. The fraction of sp³-hybridized carbons (Fsp3) is 0.0667. The minimum Gasteiger partial charge on any atom is -0.507 e. The van der Waals surface area contributed by atoms with Gasteiger partial charge in [0, 0.05) is 13.6 Å². The Kier molecular flexibility index (Phi) is 3.99. The summed E-state index contributed by atoms with van der Waals surface area (Å²) in [4.78, 5) is 4.39. The number of hydrogen-bond acceptors (Lipinski definition) is 4. The average molecular weight is 457 g/mol. The van der Waals surface area contributed by atoms with Gasteiger partial charge in [0.05, 0.1) is 5.56 Å². The minimum atomic E-state index is 0.123. The third-order valence-electron chi connectivity index (χ3n) is 3.04. The first-order valence-corrected chi connectivity index (χ1v) is 8.01. The molecule has 0 unspecified atom stereocenters. The maximum Gasteiger partial charge on any atom is 0.262 e. The van der Waals surface area contributed by atoms with Gasteiger partial charge in [-0.05, 0) is 71.5 Å². The normalized spacial score (nSPS) is 10.8. The summed E-state index contributed by atoms with van der Waals surface area (Å²) in [6, 6.07) is 11.1. The van der Waals surface area contributed by atoms with Crippen molar-refractivity contribution in [2.45, 2.75) is 6.92 Å². The first kappa shape index (κ1) is 14.5. The highest BCUT2D eigenvalue weighted by atomic mass is 127. The standard InChI is InChI=1S/C15H10BrIN2O2/c1-8-6-9(16)2-4-11(8)14-18-15(21-19-14)12-7-10(17)3-5-13(12)20/h2-7,20H,1H3. The van der Waals surface area contributed by atoms with Crippen LogP contribution in [0.2, 0.25) is 0 Å². The maximum absolute atomic E-state index is 9.92. The molecule has 1 heterocycles. The van der Waals surface area contributed by atoms with Crippen molar-refractivity contribution in [3.05, 3.63) is 50.0 Å². The molecule has 0 saturated carbocycles. The first-order valence-electron chi connectivity index (χ1n) is 6.14. The van der Waals surface area contributed by atoms with E-state index in [1.165, 1.54) is 0 Å². The molecule has 0 bridgehead atoms. The monoisotopic (exact) mass is 456 g/mol. The van der Waals surface area contributed by atoms with Gasteiger partial charge < -0.3 is 9.63 Å². The van der Waals surface area contributed by atoms with E-state index in [4.69, 9.17) is 4.52 Å². The summed E-state index contributed by atoms with van der Waals surface area (Å²) in [5.74, 6) is 0.940. The number of hydrogen-bond donors (Lipinski definition) is 1. The minimum absolute atomic E-state index is 0.123. The van der Waals surface area contributed by atoms with Gasteiger partial charge in [-0.1, -0.05) is 21.1 Å². The Balaban J connectivity index is 2.06. The summed E-state index contributed by atoms with van der Waals surface area (Å²) in [6.07, 6.45) is 0. The lowest BCUT2D eigenvalue weighted by Crippen LogP contribution is -1.86. The summed E-state index contributed by atoms with van der Waals surface area (Å²) >= 11 is 5.60. The lowest BCUT2D eigenvalue weighted by Gasteiger charge is -2.01. The van der Waals surface area contributed by atoms with Crippen molar-refractivity contribution in [3.63, 3.8) is 0 Å². The van der Waals surface area contributed by atoms with Crippen molar-refractivity contribution in [2.75, 3.05) is 0 Å². The van der Waals surface area contributed by atoms with Crippen LogP contribution in [0.3, 0.4) is 0 Å². The van der Waals surface area contributed by atoms with E-state index in [1.807, 2.05) is 37.3 Å². The lowest BCUT2D eigenvalue weighted by molar-refractivity contribution is 0.425. The average Bonchev–Trinajstić information content (AvgIpc) is 2.91. The van der Waals surface area contributed by atoms with Crippen LogP contribution in [0.25, 0.3) is 22.8 Å². The first-order chi connectivity index (χ1) is 10.0. The second kappa shape index (κ2) is 5.76. The summed E-state index contributed by atoms with van der Waals surface area (Å²) in [5.41, 5.74) is 2.48. The van der Waals surface area contributed by atoms with Gasteiger partial charge >= 0.3 is 0 Å². The van der Waals surface area contributed by atoms with Crippen molar-refractivity contribution in [2.24, 2.45) is 0 Å². The molecule has 0 aliphatic carbocycles. The van der Waals surface area contributed by atoms with Gasteiger partial charge in [-0.2, -0.15) is 4.98 Å². The lowest BCUT2D eigenvalue weighted by atomic mass is 10.1. The number of benzene rings is 2. The maximum atomic E-state index is 9.92. The number of aromatic nitrogens is 2. The van der Waals surface area contributed by atoms with Gasteiger partial charge in [-0.15, -0.1) is 0 Å². The van der Waals surface area contributed by atoms with Crippen molar-refractivity contribution < 1.29 is 9.63 Å². The van der Waals surface area contributed by atoms with Crippen LogP contribution in [-0.2, 0) is 0 Å². The van der Waals surface area contributed by atoms with Gasteiger partial charge in [0.2, 0.25) is 5.82 Å². The predicted octanol–water partition coefficient (Wildman–Crippen LogP) is 4.78. The Morgan fingerprint density at radius 3 is 2.71 bits per heavy atom. The van der Waals surface area contributed by atoms with Crippen LogP contribution < -0.4 is 0 Å². The van der Waals surface area contributed by atoms with E-state index in [9.17, 15) is 5.11 Å². The van der Waals surface area contributed by atoms with Crippen molar-refractivity contribution >= 4 is 38.5 Å². The molecule has 0 radical (unpaired) electrons. The van der Waals surface area contributed by atoms with Crippen LogP contribution in [0.5, 0.6) is 5.75 Å². The van der Waals surface area contributed by atoms with Crippen LogP contribution in [0.1, 0.15) is 5.56 Å². The van der Waals surface area contributed by atoms with E-state index < -0.39 is 0 Å². The molecule has 21 heavy (non-hydrogen) atoms. The smallest absolute Gasteiger partial charge is 0.262 e. The van der Waals surface area contributed by atoms with Crippen LogP contribution >= 0.6 is 38.5 Å². The summed E-state index contributed by atoms with van der Waals surface area (Å²) in [5, 5.41) is 13.9. The molecule has 0 atom stereocenters. The van der Waals surface area contributed by atoms with E-state index in [2.05, 4.69) is 48.7 Å². The molecule has 1 N–H and O–H groups in total. The number of phenols is 1. The highest BCUT2D eigenvalue weighted by molar-refractivity contribution is 14.1. The van der Waals surface area contributed by atoms with E-state index in [-0.39, 0.29) is 5.75 Å². The zero-order valence-electron chi connectivity index (χ0n) is 11.0. The van der Waals surface area contributed by atoms with Gasteiger partial charge in [-0.3, -0.25) is 0 Å². The van der Waals surface area contributed by atoms with E-state index in [0.717, 1.165) is 19.2 Å². The predicted molar refractivity (Wildman–Crippen MR) is 92.0 cm³/mol. The number of rotatable bonds is 2. The Hall–Kier alpha value is -1.41. The molecule has 0 amide bonds. The number of aromatic hydroxyl groups is 1. The molecule has 0 spiro atoms. The Labute approximate surface area is 143 Å². The van der Waals surface area contributed by atoms with Crippen molar-refractivity contribution in [1.82, 2.24) is 10.1 Å². The van der Waals surface area contributed by atoms with Crippen LogP contribution in [0.15, 0.2) is 45.4 Å². The molecule has 0 saturated heterocycles. The van der Waals surface area contributed by atoms with Crippen LogP contribution in [0.4, 0.5) is 0 Å². The molecule has 4 nitrogen and oxygen atoms in total. The van der Waals surface area contributed by atoms with E-state index in [1.54, 1.807) is 6.07 Å². The van der Waals surface area contributed by atoms with Gasteiger partial charge in [-0.25, -0.2) is 0 Å². The largest absolute Gasteiger partial charge is 0.507 e. The third-order valence-corrected chi connectivity index (χ3v) is 4.21. The Morgan fingerprint density at radius 2 is 1.95 bits per heavy atom. The fourth-order valence-electron chi connectivity index (χ4n) is 2.00. The number of phenolic OH excluding ortho intramolecular Hbond substituents is 1. The summed E-state index contributed by atoms with van der Waals surface area (Å²) in [7, 11) is 0. The molecule has 0 fully saturated rings. The molecule has 6 heteroatoms. The number of halogens is 2. The Morgan fingerprint density at radius 1 is 1.14 bits per heavy atom. The SMILES string of the molecule is Cc1cc(Br)ccc1-c1noc(-c2cc(I)ccc2O)n1. The van der Waals surface area contributed by atoms with Crippen molar-refractivity contribution in [1.29, 1.82) is 0 Å². The second-order valence-corrected chi connectivity index (χ2v) is 6.71. The zero-order chi connectivity index (χ0) is 15.0. The second-order valence-electron chi connectivity index (χ2n) is 4.54. The summed E-state index contributed by atoms with van der Waals surface area (Å²) < 4.78 is 7.28. The molecular formula is C15H10BrIN2O2.